The van der Waals surface area contributed by atoms with Gasteiger partial charge in [-0.1, -0.05) is 6.08 Å². The number of hydrogen-bond donors (Lipinski definition) is 4. The van der Waals surface area contributed by atoms with Gasteiger partial charge in [0.05, 0.1) is 26.7 Å². The summed E-state index contributed by atoms with van der Waals surface area (Å²) in [5.74, 6) is -0.664. The summed E-state index contributed by atoms with van der Waals surface area (Å²) in [6.07, 6.45) is 4.64. The summed E-state index contributed by atoms with van der Waals surface area (Å²) < 4.78 is 16.6. The molecule has 0 aliphatic heterocycles. The third-order valence-electron chi connectivity index (χ3n) is 6.61. The summed E-state index contributed by atoms with van der Waals surface area (Å²) in [5, 5.41) is 43.4. The number of rotatable bonds is 3. The zero-order valence-electron chi connectivity index (χ0n) is 18.7. The highest BCUT2D eigenvalue weighted by Crippen LogP contribution is 2.57. The molecule has 5 rings (SSSR count). The molecule has 174 valence electrons. The van der Waals surface area contributed by atoms with Gasteiger partial charge in [-0.2, -0.15) is 0 Å². The first-order chi connectivity index (χ1) is 16.3. The Hall–Kier alpha value is -4.33. The molecule has 0 radical (unpaired) electrons. The normalized spacial score (nSPS) is 18.4. The average Bonchev–Trinajstić information content (AvgIpc) is 2.82. The molecule has 1 unspecified atom stereocenters. The van der Waals surface area contributed by atoms with Crippen molar-refractivity contribution in [2.75, 3.05) is 21.3 Å². The zero-order valence-corrected chi connectivity index (χ0v) is 18.7. The summed E-state index contributed by atoms with van der Waals surface area (Å²) >= 11 is 0. The third kappa shape index (κ3) is 2.68. The highest BCUT2D eigenvalue weighted by Gasteiger charge is 2.47. The molecule has 0 fully saturated rings. The Kier molecular flexibility index (Phi) is 4.65. The van der Waals surface area contributed by atoms with Crippen molar-refractivity contribution in [1.29, 1.82) is 0 Å². The van der Waals surface area contributed by atoms with E-state index in [4.69, 9.17) is 14.2 Å². The van der Waals surface area contributed by atoms with Crippen LogP contribution in [-0.4, -0.2) is 47.5 Å². The van der Waals surface area contributed by atoms with E-state index in [0.717, 1.165) is 0 Å². The molecule has 2 aliphatic rings. The van der Waals surface area contributed by atoms with Crippen LogP contribution in [0.1, 0.15) is 22.3 Å². The molecule has 4 N–H and O–H groups in total. The topological polar surface area (TPSA) is 126 Å². The number of phenolic OH excluding ortho intramolecular Hbond substituents is 4. The van der Waals surface area contributed by atoms with Gasteiger partial charge >= 0.3 is 0 Å². The van der Waals surface area contributed by atoms with E-state index < -0.39 is 5.41 Å². The number of fused-ring (bicyclic) bond motifs is 6. The maximum Gasteiger partial charge on any atom is 0.201 e. The molecule has 0 heterocycles. The minimum absolute atomic E-state index is 0.0660. The fourth-order valence-electron chi connectivity index (χ4n) is 5.18. The molecule has 34 heavy (non-hydrogen) atoms. The van der Waals surface area contributed by atoms with Crippen LogP contribution >= 0.6 is 0 Å². The van der Waals surface area contributed by atoms with Crippen LogP contribution in [0.3, 0.4) is 0 Å². The monoisotopic (exact) mass is 462 g/mol. The molecular weight excluding hydrogens is 440 g/mol. The largest absolute Gasteiger partial charge is 0.508 e. The number of ketones is 1. The van der Waals surface area contributed by atoms with Crippen LogP contribution in [-0.2, 0) is 21.4 Å². The zero-order chi connectivity index (χ0) is 24.4. The minimum atomic E-state index is -1.24. The summed E-state index contributed by atoms with van der Waals surface area (Å²) in [6, 6.07) is 6.01. The Morgan fingerprint density at radius 2 is 1.59 bits per heavy atom. The predicted octanol–water partition coefficient (Wildman–Crippen LogP) is 3.54. The molecule has 0 aromatic heterocycles. The smallest absolute Gasteiger partial charge is 0.201 e. The van der Waals surface area contributed by atoms with Gasteiger partial charge in [-0.15, -0.1) is 0 Å². The lowest BCUT2D eigenvalue weighted by molar-refractivity contribution is -0.110. The van der Waals surface area contributed by atoms with Gasteiger partial charge in [-0.25, -0.2) is 0 Å². The average molecular weight is 462 g/mol. The van der Waals surface area contributed by atoms with Crippen LogP contribution in [0.2, 0.25) is 0 Å². The van der Waals surface area contributed by atoms with Crippen LogP contribution in [0, 0.1) is 0 Å². The highest BCUT2D eigenvalue weighted by molar-refractivity contribution is 6.04. The van der Waals surface area contributed by atoms with E-state index in [1.807, 2.05) is 0 Å². The lowest BCUT2D eigenvalue weighted by Crippen LogP contribution is -2.37. The van der Waals surface area contributed by atoms with Crippen LogP contribution in [0.4, 0.5) is 0 Å². The molecule has 3 aromatic carbocycles. The fraction of sp³-hybridized carbons (Fsp3) is 0.192. The standard InChI is InChI=1S/C26H22O8/c1-32-21-10-14-15(25(34-3)24(21)31)9-18(28)16-6-12-7-19(29)20(30)11-17(12)26(23(14)16)5-4-13(27)8-22(26)33-2/h4-5,7-11,28-31H,6H2,1-3H3. The number of hydrogen-bond acceptors (Lipinski definition) is 8. The molecule has 8 nitrogen and oxygen atoms in total. The van der Waals surface area contributed by atoms with Gasteiger partial charge in [0.25, 0.3) is 0 Å². The molecule has 0 amide bonds. The van der Waals surface area contributed by atoms with Crippen molar-refractivity contribution in [2.45, 2.75) is 11.8 Å². The molecule has 0 saturated carbocycles. The maximum absolute atomic E-state index is 12.3. The fourth-order valence-corrected chi connectivity index (χ4v) is 5.18. The van der Waals surface area contributed by atoms with Gasteiger partial charge in [0, 0.05) is 23.4 Å². The van der Waals surface area contributed by atoms with Gasteiger partial charge in [-0.3, -0.25) is 4.79 Å². The second kappa shape index (κ2) is 7.34. The number of aromatic hydroxyl groups is 4. The third-order valence-corrected chi connectivity index (χ3v) is 6.61. The molecule has 1 atom stereocenters. The lowest BCUT2D eigenvalue weighted by atomic mass is 9.62. The quantitative estimate of drug-likeness (QED) is 0.436. The summed E-state index contributed by atoms with van der Waals surface area (Å²) in [6.45, 7) is 0. The first kappa shape index (κ1) is 21.5. The van der Waals surface area contributed by atoms with Crippen molar-refractivity contribution in [3.63, 3.8) is 0 Å². The number of carbonyl (C=O) groups is 1. The van der Waals surface area contributed by atoms with Crippen molar-refractivity contribution in [3.8, 4) is 34.5 Å². The Bertz CT molecular complexity index is 1450. The molecule has 0 saturated heterocycles. The first-order valence-corrected chi connectivity index (χ1v) is 10.4. The van der Waals surface area contributed by atoms with Crippen molar-refractivity contribution >= 4 is 16.6 Å². The Morgan fingerprint density at radius 1 is 0.853 bits per heavy atom. The summed E-state index contributed by atoms with van der Waals surface area (Å²) in [4.78, 5) is 12.3. The molecule has 2 aliphatic carbocycles. The van der Waals surface area contributed by atoms with Gasteiger partial charge in [-0.05, 0) is 52.4 Å². The van der Waals surface area contributed by atoms with Gasteiger partial charge in [0.15, 0.2) is 28.8 Å². The van der Waals surface area contributed by atoms with E-state index in [1.165, 1.54) is 51.7 Å². The van der Waals surface area contributed by atoms with E-state index in [2.05, 4.69) is 0 Å². The van der Waals surface area contributed by atoms with Crippen molar-refractivity contribution in [2.24, 2.45) is 0 Å². The molecule has 8 heteroatoms. The van der Waals surface area contributed by atoms with Crippen LogP contribution < -0.4 is 9.47 Å². The second-order valence-corrected chi connectivity index (χ2v) is 8.24. The molecule has 1 spiro atoms. The Morgan fingerprint density at radius 3 is 2.26 bits per heavy atom. The Balaban J connectivity index is 2.03. The van der Waals surface area contributed by atoms with Crippen molar-refractivity contribution in [1.82, 2.24) is 0 Å². The summed E-state index contributed by atoms with van der Waals surface area (Å²) in [5.41, 5.74) is 1.08. The predicted molar refractivity (Wildman–Crippen MR) is 123 cm³/mol. The first-order valence-electron chi connectivity index (χ1n) is 10.4. The molecule has 0 bridgehead atoms. The van der Waals surface area contributed by atoms with E-state index in [0.29, 0.717) is 33.0 Å². The van der Waals surface area contributed by atoms with E-state index in [1.54, 1.807) is 12.1 Å². The van der Waals surface area contributed by atoms with Crippen LogP contribution in [0.5, 0.6) is 34.5 Å². The van der Waals surface area contributed by atoms with Gasteiger partial charge in [0.2, 0.25) is 5.75 Å². The van der Waals surface area contributed by atoms with Gasteiger partial charge < -0.3 is 34.6 Å². The second-order valence-electron chi connectivity index (χ2n) is 8.24. The van der Waals surface area contributed by atoms with E-state index >= 15 is 0 Å². The maximum atomic E-state index is 12.3. The highest BCUT2D eigenvalue weighted by atomic mass is 16.5. The van der Waals surface area contributed by atoms with Crippen LogP contribution in [0.15, 0.2) is 48.3 Å². The Labute approximate surface area is 194 Å². The number of phenols is 4. The minimum Gasteiger partial charge on any atom is -0.508 e. The summed E-state index contributed by atoms with van der Waals surface area (Å²) in [7, 11) is 4.25. The van der Waals surface area contributed by atoms with E-state index in [-0.39, 0.29) is 52.5 Å². The number of methoxy groups -OCH3 is 3. The van der Waals surface area contributed by atoms with Crippen molar-refractivity contribution in [3.05, 3.63) is 70.5 Å². The number of carbonyl (C=O) groups excluding carboxylic acids is 1. The lowest BCUT2D eigenvalue weighted by Gasteiger charge is -2.42. The number of ether oxygens (including phenoxy) is 3. The number of allylic oxidation sites excluding steroid dienone is 3. The molecular formula is C26H22O8. The van der Waals surface area contributed by atoms with E-state index in [9.17, 15) is 25.2 Å². The number of benzene rings is 3. The molecule has 3 aromatic rings. The van der Waals surface area contributed by atoms with Crippen LogP contribution in [0.25, 0.3) is 10.8 Å². The SMILES string of the molecule is COC1=CC(=O)C=CC12c1cc(O)c(O)cc1Cc1c(O)cc3c(OC)c(O)c(OC)cc3c12. The van der Waals surface area contributed by atoms with Crippen molar-refractivity contribution < 1.29 is 39.4 Å². The van der Waals surface area contributed by atoms with Gasteiger partial charge in [0.1, 0.15) is 11.5 Å².